The normalized spacial score (nSPS) is 25.1. The maximum atomic E-state index is 11.0. The molecule has 0 aromatic heterocycles. The summed E-state index contributed by atoms with van der Waals surface area (Å²) in [5.74, 6) is -0.700. The van der Waals surface area contributed by atoms with E-state index in [0.717, 1.165) is 6.42 Å². The van der Waals surface area contributed by atoms with Gasteiger partial charge < -0.3 is 16.8 Å². The SMILES string of the molecule is NC(=O)C(N)C[C@@H]1CCNC1=O. The van der Waals surface area contributed by atoms with Crippen LogP contribution < -0.4 is 16.8 Å². The molecule has 1 fully saturated rings. The van der Waals surface area contributed by atoms with Crippen molar-refractivity contribution in [2.24, 2.45) is 17.4 Å². The van der Waals surface area contributed by atoms with Gasteiger partial charge in [0.25, 0.3) is 0 Å². The molecule has 5 N–H and O–H groups in total. The average molecular weight is 171 g/mol. The van der Waals surface area contributed by atoms with Crippen molar-refractivity contribution in [3.05, 3.63) is 0 Å². The number of carbonyl (C=O) groups is 2. The molecule has 12 heavy (non-hydrogen) atoms. The lowest BCUT2D eigenvalue weighted by Gasteiger charge is -2.10. The number of nitrogens with one attached hydrogen (secondary N) is 1. The summed E-state index contributed by atoms with van der Waals surface area (Å²) in [5, 5.41) is 2.67. The summed E-state index contributed by atoms with van der Waals surface area (Å²) in [6.45, 7) is 0.676. The van der Waals surface area contributed by atoms with Crippen LogP contribution in [-0.2, 0) is 9.59 Å². The van der Waals surface area contributed by atoms with Crippen molar-refractivity contribution in [3.8, 4) is 0 Å². The molecule has 1 aliphatic rings. The Bertz CT molecular complexity index is 205. The fraction of sp³-hybridized carbons (Fsp3) is 0.714. The zero-order valence-corrected chi connectivity index (χ0v) is 6.75. The highest BCUT2D eigenvalue weighted by Crippen LogP contribution is 2.14. The van der Waals surface area contributed by atoms with E-state index in [1.54, 1.807) is 0 Å². The molecule has 1 unspecified atom stereocenters. The minimum Gasteiger partial charge on any atom is -0.368 e. The van der Waals surface area contributed by atoms with Crippen LogP contribution in [0.3, 0.4) is 0 Å². The summed E-state index contributed by atoms with van der Waals surface area (Å²) in [5.41, 5.74) is 10.4. The Hall–Kier alpha value is -1.10. The summed E-state index contributed by atoms with van der Waals surface area (Å²) in [7, 11) is 0. The number of amides is 2. The smallest absolute Gasteiger partial charge is 0.234 e. The Morgan fingerprint density at radius 3 is 2.83 bits per heavy atom. The van der Waals surface area contributed by atoms with Crippen LogP contribution in [0.2, 0.25) is 0 Å². The molecule has 1 heterocycles. The third kappa shape index (κ3) is 1.94. The highest BCUT2D eigenvalue weighted by atomic mass is 16.2. The number of carbonyl (C=O) groups excluding carboxylic acids is 2. The largest absolute Gasteiger partial charge is 0.368 e. The maximum absolute atomic E-state index is 11.0. The molecule has 0 aromatic rings. The van der Waals surface area contributed by atoms with Crippen molar-refractivity contribution in [2.45, 2.75) is 18.9 Å². The lowest BCUT2D eigenvalue weighted by Crippen LogP contribution is -2.39. The van der Waals surface area contributed by atoms with Crippen molar-refractivity contribution in [2.75, 3.05) is 6.54 Å². The first-order valence-electron chi connectivity index (χ1n) is 3.94. The van der Waals surface area contributed by atoms with Crippen molar-refractivity contribution in [3.63, 3.8) is 0 Å². The van der Waals surface area contributed by atoms with Gasteiger partial charge in [0.05, 0.1) is 6.04 Å². The highest BCUT2D eigenvalue weighted by Gasteiger charge is 2.27. The molecule has 0 saturated carbocycles. The Labute approximate surface area is 70.5 Å². The van der Waals surface area contributed by atoms with E-state index in [4.69, 9.17) is 11.5 Å². The van der Waals surface area contributed by atoms with Crippen LogP contribution in [0.1, 0.15) is 12.8 Å². The molecule has 0 aromatic carbocycles. The van der Waals surface area contributed by atoms with Gasteiger partial charge in [-0.15, -0.1) is 0 Å². The number of rotatable bonds is 3. The maximum Gasteiger partial charge on any atom is 0.234 e. The van der Waals surface area contributed by atoms with Crippen LogP contribution in [0.5, 0.6) is 0 Å². The minimum absolute atomic E-state index is 0.0216. The number of hydrogen-bond acceptors (Lipinski definition) is 3. The Morgan fingerprint density at radius 2 is 2.42 bits per heavy atom. The van der Waals surface area contributed by atoms with Gasteiger partial charge in [0.1, 0.15) is 0 Å². The first kappa shape index (κ1) is 8.99. The van der Waals surface area contributed by atoms with Gasteiger partial charge in [-0.3, -0.25) is 9.59 Å². The van der Waals surface area contributed by atoms with Gasteiger partial charge in [0.15, 0.2) is 0 Å². The quantitative estimate of drug-likeness (QED) is 0.473. The van der Waals surface area contributed by atoms with E-state index in [2.05, 4.69) is 5.32 Å². The summed E-state index contributed by atoms with van der Waals surface area (Å²) >= 11 is 0. The van der Waals surface area contributed by atoms with Crippen LogP contribution in [0.15, 0.2) is 0 Å². The van der Waals surface area contributed by atoms with E-state index in [-0.39, 0.29) is 11.8 Å². The van der Waals surface area contributed by atoms with Crippen LogP contribution in [0.25, 0.3) is 0 Å². The summed E-state index contributed by atoms with van der Waals surface area (Å²) < 4.78 is 0. The van der Waals surface area contributed by atoms with Crippen molar-refractivity contribution < 1.29 is 9.59 Å². The average Bonchev–Trinajstić information content (AvgIpc) is 2.36. The molecular weight excluding hydrogens is 158 g/mol. The Balaban J connectivity index is 2.40. The van der Waals surface area contributed by atoms with E-state index in [1.165, 1.54) is 0 Å². The van der Waals surface area contributed by atoms with Gasteiger partial charge in [-0.05, 0) is 12.8 Å². The summed E-state index contributed by atoms with van der Waals surface area (Å²) in [6, 6.07) is -0.696. The zero-order chi connectivity index (χ0) is 9.14. The van der Waals surface area contributed by atoms with Gasteiger partial charge in [-0.1, -0.05) is 0 Å². The van der Waals surface area contributed by atoms with E-state index in [1.807, 2.05) is 0 Å². The highest BCUT2D eigenvalue weighted by molar-refractivity contribution is 5.83. The lowest BCUT2D eigenvalue weighted by atomic mass is 9.99. The number of hydrogen-bond donors (Lipinski definition) is 3. The van der Waals surface area contributed by atoms with E-state index in [9.17, 15) is 9.59 Å². The molecule has 1 rings (SSSR count). The molecular formula is C7H13N3O2. The van der Waals surface area contributed by atoms with Crippen LogP contribution >= 0.6 is 0 Å². The second-order valence-electron chi connectivity index (χ2n) is 3.02. The van der Waals surface area contributed by atoms with Gasteiger partial charge in [-0.2, -0.15) is 0 Å². The van der Waals surface area contributed by atoms with Crippen molar-refractivity contribution >= 4 is 11.8 Å². The Kier molecular flexibility index (Phi) is 2.65. The standard InChI is InChI=1S/C7H13N3O2/c8-5(6(9)11)3-4-1-2-10-7(4)12/h4-5H,1-3,8H2,(H2,9,11)(H,10,12)/t4-,5?/m0/s1. The Morgan fingerprint density at radius 1 is 1.75 bits per heavy atom. The molecule has 2 atom stereocenters. The molecule has 0 bridgehead atoms. The minimum atomic E-state index is -0.696. The third-order valence-electron chi connectivity index (χ3n) is 2.07. The fourth-order valence-electron chi connectivity index (χ4n) is 1.29. The number of nitrogens with two attached hydrogens (primary N) is 2. The topological polar surface area (TPSA) is 98.2 Å². The van der Waals surface area contributed by atoms with Crippen molar-refractivity contribution in [1.82, 2.24) is 5.32 Å². The van der Waals surface area contributed by atoms with Gasteiger partial charge in [-0.25, -0.2) is 0 Å². The molecule has 0 spiro atoms. The summed E-state index contributed by atoms with van der Waals surface area (Å²) in [6.07, 6.45) is 1.11. The molecule has 0 radical (unpaired) electrons. The van der Waals surface area contributed by atoms with E-state index < -0.39 is 11.9 Å². The van der Waals surface area contributed by atoms with Gasteiger partial charge in [0.2, 0.25) is 11.8 Å². The van der Waals surface area contributed by atoms with E-state index in [0.29, 0.717) is 13.0 Å². The van der Waals surface area contributed by atoms with E-state index >= 15 is 0 Å². The van der Waals surface area contributed by atoms with Gasteiger partial charge >= 0.3 is 0 Å². The first-order chi connectivity index (χ1) is 5.61. The molecule has 1 aliphatic heterocycles. The predicted octanol–water partition coefficient (Wildman–Crippen LogP) is -1.67. The van der Waals surface area contributed by atoms with Gasteiger partial charge in [0, 0.05) is 12.5 Å². The summed E-state index contributed by atoms with van der Waals surface area (Å²) in [4.78, 5) is 21.6. The second kappa shape index (κ2) is 3.53. The molecule has 1 saturated heterocycles. The van der Waals surface area contributed by atoms with Crippen LogP contribution in [-0.4, -0.2) is 24.4 Å². The third-order valence-corrected chi connectivity index (χ3v) is 2.07. The van der Waals surface area contributed by atoms with Crippen molar-refractivity contribution in [1.29, 1.82) is 0 Å². The molecule has 5 nitrogen and oxygen atoms in total. The zero-order valence-electron chi connectivity index (χ0n) is 6.75. The number of primary amides is 1. The fourth-order valence-corrected chi connectivity index (χ4v) is 1.29. The lowest BCUT2D eigenvalue weighted by molar-refractivity contribution is -0.123. The molecule has 0 aliphatic carbocycles. The molecule has 2 amide bonds. The monoisotopic (exact) mass is 171 g/mol. The molecule has 5 heteroatoms. The second-order valence-corrected chi connectivity index (χ2v) is 3.02. The van der Waals surface area contributed by atoms with Crippen LogP contribution in [0, 0.1) is 5.92 Å². The van der Waals surface area contributed by atoms with Crippen LogP contribution in [0.4, 0.5) is 0 Å². The molecule has 68 valence electrons. The predicted molar refractivity (Wildman–Crippen MR) is 42.9 cm³/mol. The first-order valence-corrected chi connectivity index (χ1v) is 3.94.